The molecule has 0 radical (unpaired) electrons. The van der Waals surface area contributed by atoms with Crippen LogP contribution in [0.4, 0.5) is 11.4 Å². The van der Waals surface area contributed by atoms with Gasteiger partial charge in [0.25, 0.3) is 5.91 Å². The maximum Gasteiger partial charge on any atom is 0.251 e. The number of nitrogens with one attached hydrogen (secondary N) is 2. The molecule has 0 unspecified atom stereocenters. The molecule has 0 aliphatic carbocycles. The van der Waals surface area contributed by atoms with Crippen LogP contribution in [0.15, 0.2) is 48.5 Å². The van der Waals surface area contributed by atoms with Gasteiger partial charge in [0.1, 0.15) is 0 Å². The molecule has 26 heavy (non-hydrogen) atoms. The number of carbonyl (C=O) groups is 1. The van der Waals surface area contributed by atoms with E-state index in [2.05, 4.69) is 14.9 Å². The summed E-state index contributed by atoms with van der Waals surface area (Å²) in [7, 11) is -1.37. The molecule has 0 aliphatic heterocycles. The summed E-state index contributed by atoms with van der Waals surface area (Å²) in [5.41, 5.74) is 2.74. The molecule has 0 aliphatic rings. The van der Waals surface area contributed by atoms with Crippen LogP contribution >= 0.6 is 0 Å². The van der Waals surface area contributed by atoms with Crippen LogP contribution in [0.2, 0.25) is 0 Å². The molecule has 2 aromatic rings. The van der Waals surface area contributed by atoms with Crippen LogP contribution in [0.1, 0.15) is 22.3 Å². The van der Waals surface area contributed by atoms with Crippen molar-refractivity contribution >= 4 is 27.3 Å². The third kappa shape index (κ3) is 6.07. The maximum atomic E-state index is 12.3. The van der Waals surface area contributed by atoms with Crippen LogP contribution in [0.5, 0.6) is 0 Å². The van der Waals surface area contributed by atoms with Crippen molar-refractivity contribution in [2.45, 2.75) is 13.3 Å². The van der Waals surface area contributed by atoms with Crippen molar-refractivity contribution in [3.63, 3.8) is 0 Å². The van der Waals surface area contributed by atoms with Gasteiger partial charge in [-0.05, 0) is 43.2 Å². The van der Waals surface area contributed by atoms with Gasteiger partial charge in [-0.2, -0.15) is 0 Å². The molecule has 140 valence electrons. The summed E-state index contributed by atoms with van der Waals surface area (Å²) in [4.78, 5) is 14.4. The van der Waals surface area contributed by atoms with Gasteiger partial charge in [0.2, 0.25) is 10.0 Å². The fourth-order valence-corrected chi connectivity index (χ4v) is 3.12. The number of sulfonamides is 1. The number of para-hydroxylation sites is 1. The van der Waals surface area contributed by atoms with Gasteiger partial charge in [-0.25, -0.2) is 8.42 Å². The number of hydrogen-bond donors (Lipinski definition) is 2. The molecule has 0 heterocycles. The van der Waals surface area contributed by atoms with E-state index >= 15 is 0 Å². The second-order valence-electron chi connectivity index (χ2n) is 6.27. The van der Waals surface area contributed by atoms with E-state index in [1.165, 1.54) is 0 Å². The standard InChI is InChI=1S/C19H25N3O3S/c1-15-10-11-16(14-18(15)21-26(3,24)25)19(23)20-12-7-13-22(2)17-8-5-4-6-9-17/h4-6,8-11,14,21H,7,12-13H2,1-3H3,(H,20,23). The van der Waals surface area contributed by atoms with Crippen LogP contribution in [0.3, 0.4) is 0 Å². The number of amides is 1. The van der Waals surface area contributed by atoms with E-state index in [0.717, 1.165) is 30.5 Å². The number of carbonyl (C=O) groups excluding carboxylic acids is 1. The van der Waals surface area contributed by atoms with E-state index in [9.17, 15) is 13.2 Å². The van der Waals surface area contributed by atoms with E-state index in [0.29, 0.717) is 17.8 Å². The lowest BCUT2D eigenvalue weighted by Crippen LogP contribution is -2.28. The monoisotopic (exact) mass is 375 g/mol. The first-order valence-electron chi connectivity index (χ1n) is 8.39. The lowest BCUT2D eigenvalue weighted by Gasteiger charge is -2.19. The maximum absolute atomic E-state index is 12.3. The highest BCUT2D eigenvalue weighted by Crippen LogP contribution is 2.18. The molecular formula is C19H25N3O3S. The minimum Gasteiger partial charge on any atom is -0.375 e. The lowest BCUT2D eigenvalue weighted by molar-refractivity contribution is 0.0953. The Balaban J connectivity index is 1.87. The number of anilines is 2. The van der Waals surface area contributed by atoms with Crippen molar-refractivity contribution in [3.05, 3.63) is 59.7 Å². The third-order valence-corrected chi connectivity index (χ3v) is 4.54. The second-order valence-corrected chi connectivity index (χ2v) is 8.02. The Morgan fingerprint density at radius 2 is 1.81 bits per heavy atom. The second kappa shape index (κ2) is 8.71. The topological polar surface area (TPSA) is 78.5 Å². The zero-order valence-corrected chi connectivity index (χ0v) is 16.1. The molecular weight excluding hydrogens is 350 g/mol. The van der Waals surface area contributed by atoms with Gasteiger partial charge in [-0.1, -0.05) is 24.3 Å². The van der Waals surface area contributed by atoms with Crippen LogP contribution in [0, 0.1) is 6.92 Å². The molecule has 0 aromatic heterocycles. The van der Waals surface area contributed by atoms with Crippen LogP contribution in [-0.4, -0.2) is 40.7 Å². The van der Waals surface area contributed by atoms with Gasteiger partial charge in [0.05, 0.1) is 11.9 Å². The number of aryl methyl sites for hydroxylation is 1. The Morgan fingerprint density at radius 1 is 1.12 bits per heavy atom. The minimum absolute atomic E-state index is 0.219. The molecule has 7 heteroatoms. The molecule has 2 rings (SSSR count). The Kier molecular flexibility index (Phi) is 6.63. The zero-order chi connectivity index (χ0) is 19.2. The van der Waals surface area contributed by atoms with Crippen molar-refractivity contribution in [1.82, 2.24) is 5.32 Å². The average Bonchev–Trinajstić information content (AvgIpc) is 2.59. The molecule has 0 saturated carbocycles. The molecule has 0 saturated heterocycles. The molecule has 0 fully saturated rings. The molecule has 2 aromatic carbocycles. The van der Waals surface area contributed by atoms with Crippen LogP contribution in [-0.2, 0) is 10.0 Å². The van der Waals surface area contributed by atoms with Crippen molar-refractivity contribution in [2.24, 2.45) is 0 Å². The van der Waals surface area contributed by atoms with Gasteiger partial charge >= 0.3 is 0 Å². The predicted molar refractivity (Wildman–Crippen MR) is 106 cm³/mol. The molecule has 0 bridgehead atoms. The quantitative estimate of drug-likeness (QED) is 0.695. The largest absolute Gasteiger partial charge is 0.375 e. The highest BCUT2D eigenvalue weighted by Gasteiger charge is 2.10. The van der Waals surface area contributed by atoms with E-state index < -0.39 is 10.0 Å². The SMILES string of the molecule is Cc1ccc(C(=O)NCCCN(C)c2ccccc2)cc1NS(C)(=O)=O. The highest BCUT2D eigenvalue weighted by atomic mass is 32.2. The Bertz CT molecular complexity index is 852. The fourth-order valence-electron chi connectivity index (χ4n) is 2.50. The van der Waals surface area contributed by atoms with Gasteiger partial charge in [0, 0.05) is 31.4 Å². The first-order chi connectivity index (χ1) is 12.3. The Labute approximate surface area is 155 Å². The van der Waals surface area contributed by atoms with Crippen molar-refractivity contribution in [2.75, 3.05) is 36.0 Å². The van der Waals surface area contributed by atoms with E-state index in [4.69, 9.17) is 0 Å². The summed E-state index contributed by atoms with van der Waals surface area (Å²) in [6, 6.07) is 15.0. The van der Waals surface area contributed by atoms with Crippen molar-refractivity contribution < 1.29 is 13.2 Å². The zero-order valence-electron chi connectivity index (χ0n) is 15.3. The number of benzene rings is 2. The number of hydrogen-bond acceptors (Lipinski definition) is 4. The third-order valence-electron chi connectivity index (χ3n) is 3.95. The smallest absolute Gasteiger partial charge is 0.251 e. The van der Waals surface area contributed by atoms with Gasteiger partial charge in [-0.3, -0.25) is 9.52 Å². The molecule has 1 amide bonds. The summed E-state index contributed by atoms with van der Waals surface area (Å²) in [5.74, 6) is -0.219. The van der Waals surface area contributed by atoms with Gasteiger partial charge < -0.3 is 10.2 Å². The van der Waals surface area contributed by atoms with E-state index in [1.807, 2.05) is 37.4 Å². The highest BCUT2D eigenvalue weighted by molar-refractivity contribution is 7.92. The van der Waals surface area contributed by atoms with Crippen LogP contribution < -0.4 is 14.9 Å². The lowest BCUT2D eigenvalue weighted by atomic mass is 10.1. The van der Waals surface area contributed by atoms with E-state index in [1.54, 1.807) is 25.1 Å². The summed E-state index contributed by atoms with van der Waals surface area (Å²) >= 11 is 0. The fraction of sp³-hybridized carbons (Fsp3) is 0.316. The number of rotatable bonds is 8. The normalized spacial score (nSPS) is 11.0. The first-order valence-corrected chi connectivity index (χ1v) is 10.3. The average molecular weight is 375 g/mol. The molecule has 0 atom stereocenters. The van der Waals surface area contributed by atoms with Crippen LogP contribution in [0.25, 0.3) is 0 Å². The summed E-state index contributed by atoms with van der Waals surface area (Å²) in [6.07, 6.45) is 1.89. The number of nitrogens with zero attached hydrogens (tertiary/aromatic N) is 1. The molecule has 2 N–H and O–H groups in total. The van der Waals surface area contributed by atoms with Crippen molar-refractivity contribution in [3.8, 4) is 0 Å². The first kappa shape index (κ1) is 19.8. The van der Waals surface area contributed by atoms with E-state index in [-0.39, 0.29) is 5.91 Å². The molecule has 0 spiro atoms. The summed E-state index contributed by atoms with van der Waals surface area (Å²) in [6.45, 7) is 3.15. The Hall–Kier alpha value is -2.54. The minimum atomic E-state index is -3.39. The van der Waals surface area contributed by atoms with Crippen molar-refractivity contribution in [1.29, 1.82) is 0 Å². The predicted octanol–water partition coefficient (Wildman–Crippen LogP) is 2.62. The summed E-state index contributed by atoms with van der Waals surface area (Å²) in [5, 5.41) is 2.87. The van der Waals surface area contributed by atoms with Gasteiger partial charge in [0.15, 0.2) is 0 Å². The summed E-state index contributed by atoms with van der Waals surface area (Å²) < 4.78 is 25.2. The van der Waals surface area contributed by atoms with Gasteiger partial charge in [-0.15, -0.1) is 0 Å². The Morgan fingerprint density at radius 3 is 2.46 bits per heavy atom. The molecule has 6 nitrogen and oxygen atoms in total.